The zero-order chi connectivity index (χ0) is 8.10. The Kier molecular flexibility index (Phi) is 3.33. The lowest BCUT2D eigenvalue weighted by molar-refractivity contribution is 0.885. The van der Waals surface area contributed by atoms with Crippen LogP contribution in [0.5, 0.6) is 0 Å². The van der Waals surface area contributed by atoms with E-state index in [-0.39, 0.29) is 0 Å². The Hall–Kier alpha value is -0.600. The Morgan fingerprint density at radius 2 is 2.55 bits per heavy atom. The zero-order valence-corrected chi connectivity index (χ0v) is 7.74. The minimum atomic E-state index is 0.970. The first-order chi connectivity index (χ1) is 5.33. The molecule has 0 aliphatic heterocycles. The van der Waals surface area contributed by atoms with E-state index in [0.29, 0.717) is 0 Å². The molecule has 0 spiro atoms. The van der Waals surface area contributed by atoms with Crippen LogP contribution in [-0.2, 0) is 0 Å². The van der Waals surface area contributed by atoms with Gasteiger partial charge in [0, 0.05) is 11.4 Å². The molecule has 1 aromatic rings. The molecule has 1 aromatic heterocycles. The molecule has 0 unspecified atom stereocenters. The van der Waals surface area contributed by atoms with Crippen molar-refractivity contribution in [1.82, 2.24) is 5.32 Å². The lowest BCUT2D eigenvalue weighted by atomic mass is 10.2. The maximum absolute atomic E-state index is 3.12. The Bertz CT molecular complexity index is 224. The van der Waals surface area contributed by atoms with E-state index >= 15 is 0 Å². The molecule has 0 fully saturated rings. The highest BCUT2D eigenvalue weighted by Gasteiger charge is 1.89. The van der Waals surface area contributed by atoms with Crippen LogP contribution in [0.4, 0.5) is 0 Å². The zero-order valence-electron chi connectivity index (χ0n) is 6.92. The summed E-state index contributed by atoms with van der Waals surface area (Å²) in [7, 11) is 1.96. The SMILES string of the molecule is CNCC(C)=Cc1cccs1. The Morgan fingerprint density at radius 3 is 3.09 bits per heavy atom. The highest BCUT2D eigenvalue weighted by Crippen LogP contribution is 2.12. The average Bonchev–Trinajstić information content (AvgIpc) is 2.40. The molecule has 11 heavy (non-hydrogen) atoms. The van der Waals surface area contributed by atoms with Crippen LogP contribution < -0.4 is 5.32 Å². The van der Waals surface area contributed by atoms with E-state index in [2.05, 4.69) is 35.8 Å². The van der Waals surface area contributed by atoms with Gasteiger partial charge in [-0.2, -0.15) is 0 Å². The van der Waals surface area contributed by atoms with Crippen LogP contribution in [0.15, 0.2) is 23.1 Å². The Labute approximate surface area is 71.8 Å². The second-order valence-corrected chi connectivity index (χ2v) is 3.52. The van der Waals surface area contributed by atoms with Crippen LogP contribution in [0.3, 0.4) is 0 Å². The van der Waals surface area contributed by atoms with Crippen LogP contribution in [-0.4, -0.2) is 13.6 Å². The van der Waals surface area contributed by atoms with E-state index in [1.165, 1.54) is 10.5 Å². The molecule has 60 valence electrons. The number of hydrogen-bond donors (Lipinski definition) is 1. The quantitative estimate of drug-likeness (QED) is 0.728. The third kappa shape index (κ3) is 2.87. The van der Waals surface area contributed by atoms with E-state index in [1.807, 2.05) is 7.05 Å². The molecule has 0 atom stereocenters. The fourth-order valence-corrected chi connectivity index (χ4v) is 1.69. The van der Waals surface area contributed by atoms with E-state index in [0.717, 1.165) is 6.54 Å². The van der Waals surface area contributed by atoms with Gasteiger partial charge in [0.25, 0.3) is 0 Å². The third-order valence-electron chi connectivity index (χ3n) is 1.39. The molecule has 2 heteroatoms. The van der Waals surface area contributed by atoms with Gasteiger partial charge in [-0.25, -0.2) is 0 Å². The summed E-state index contributed by atoms with van der Waals surface area (Å²) < 4.78 is 0. The summed E-state index contributed by atoms with van der Waals surface area (Å²) in [4.78, 5) is 1.33. The second-order valence-electron chi connectivity index (χ2n) is 2.54. The fourth-order valence-electron chi connectivity index (χ4n) is 0.946. The highest BCUT2D eigenvalue weighted by atomic mass is 32.1. The molecule has 1 rings (SSSR count). The molecule has 0 saturated heterocycles. The number of thiophene rings is 1. The summed E-state index contributed by atoms with van der Waals surface area (Å²) in [6, 6.07) is 4.20. The number of likely N-dealkylation sites (N-methyl/N-ethyl adjacent to an activating group) is 1. The van der Waals surface area contributed by atoms with Crippen molar-refractivity contribution in [3.63, 3.8) is 0 Å². The van der Waals surface area contributed by atoms with Crippen LogP contribution >= 0.6 is 11.3 Å². The van der Waals surface area contributed by atoms with Gasteiger partial charge in [-0.05, 0) is 31.5 Å². The largest absolute Gasteiger partial charge is 0.316 e. The normalized spacial score (nSPS) is 12.0. The molecule has 0 amide bonds. The van der Waals surface area contributed by atoms with Gasteiger partial charge in [0.2, 0.25) is 0 Å². The van der Waals surface area contributed by atoms with Gasteiger partial charge >= 0.3 is 0 Å². The second kappa shape index (κ2) is 4.31. The van der Waals surface area contributed by atoms with E-state index in [1.54, 1.807) is 11.3 Å². The lowest BCUT2D eigenvalue weighted by Gasteiger charge is -1.96. The Morgan fingerprint density at radius 1 is 1.73 bits per heavy atom. The molecule has 0 bridgehead atoms. The van der Waals surface area contributed by atoms with Crippen molar-refractivity contribution in [2.24, 2.45) is 0 Å². The van der Waals surface area contributed by atoms with Crippen molar-refractivity contribution in [1.29, 1.82) is 0 Å². The topological polar surface area (TPSA) is 12.0 Å². The molecule has 0 radical (unpaired) electrons. The molecule has 0 aliphatic carbocycles. The summed E-state index contributed by atoms with van der Waals surface area (Å²) in [5.41, 5.74) is 1.37. The van der Waals surface area contributed by atoms with Gasteiger partial charge in [-0.1, -0.05) is 11.6 Å². The first-order valence-electron chi connectivity index (χ1n) is 3.68. The van der Waals surface area contributed by atoms with Crippen molar-refractivity contribution in [3.8, 4) is 0 Å². The molecule has 0 aromatic carbocycles. The predicted octanol–water partition coefficient (Wildman–Crippen LogP) is 2.37. The van der Waals surface area contributed by atoms with Crippen molar-refractivity contribution in [2.45, 2.75) is 6.92 Å². The third-order valence-corrected chi connectivity index (χ3v) is 2.21. The molecule has 0 aliphatic rings. The minimum Gasteiger partial charge on any atom is -0.316 e. The minimum absolute atomic E-state index is 0.970. The van der Waals surface area contributed by atoms with E-state index in [9.17, 15) is 0 Å². The van der Waals surface area contributed by atoms with Gasteiger partial charge in [-0.3, -0.25) is 0 Å². The summed E-state index contributed by atoms with van der Waals surface area (Å²) in [6.07, 6.45) is 2.21. The molecular formula is C9H13NS. The maximum Gasteiger partial charge on any atom is 0.0270 e. The first kappa shape index (κ1) is 8.50. The fraction of sp³-hybridized carbons (Fsp3) is 0.333. The van der Waals surface area contributed by atoms with Crippen LogP contribution in [0.2, 0.25) is 0 Å². The Balaban J connectivity index is 2.58. The van der Waals surface area contributed by atoms with Crippen molar-refractivity contribution >= 4 is 17.4 Å². The molecule has 0 saturated carbocycles. The van der Waals surface area contributed by atoms with Crippen molar-refractivity contribution < 1.29 is 0 Å². The first-order valence-corrected chi connectivity index (χ1v) is 4.56. The van der Waals surface area contributed by atoms with E-state index in [4.69, 9.17) is 0 Å². The monoisotopic (exact) mass is 167 g/mol. The van der Waals surface area contributed by atoms with Gasteiger partial charge in [0.1, 0.15) is 0 Å². The number of nitrogens with one attached hydrogen (secondary N) is 1. The smallest absolute Gasteiger partial charge is 0.0270 e. The van der Waals surface area contributed by atoms with Gasteiger partial charge < -0.3 is 5.32 Å². The molecule has 1 N–H and O–H groups in total. The van der Waals surface area contributed by atoms with E-state index < -0.39 is 0 Å². The van der Waals surface area contributed by atoms with Gasteiger partial charge in [0.05, 0.1) is 0 Å². The molecule has 1 heterocycles. The molecule has 1 nitrogen and oxygen atoms in total. The number of hydrogen-bond acceptors (Lipinski definition) is 2. The predicted molar refractivity (Wildman–Crippen MR) is 51.9 cm³/mol. The standard InChI is InChI=1S/C9H13NS/c1-8(7-10-2)6-9-4-3-5-11-9/h3-6,10H,7H2,1-2H3. The highest BCUT2D eigenvalue weighted by molar-refractivity contribution is 7.10. The summed E-state index contributed by atoms with van der Waals surface area (Å²) >= 11 is 1.77. The van der Waals surface area contributed by atoms with Crippen molar-refractivity contribution in [3.05, 3.63) is 28.0 Å². The summed E-state index contributed by atoms with van der Waals surface area (Å²) in [6.45, 7) is 3.11. The van der Waals surface area contributed by atoms with Gasteiger partial charge in [-0.15, -0.1) is 11.3 Å². The van der Waals surface area contributed by atoms with Crippen molar-refractivity contribution in [2.75, 3.05) is 13.6 Å². The lowest BCUT2D eigenvalue weighted by Crippen LogP contribution is -2.08. The molecular weight excluding hydrogens is 154 g/mol. The average molecular weight is 167 g/mol. The van der Waals surface area contributed by atoms with Crippen LogP contribution in [0, 0.1) is 0 Å². The van der Waals surface area contributed by atoms with Gasteiger partial charge in [0.15, 0.2) is 0 Å². The van der Waals surface area contributed by atoms with Crippen LogP contribution in [0.1, 0.15) is 11.8 Å². The summed E-state index contributed by atoms with van der Waals surface area (Å²) in [5.74, 6) is 0. The summed E-state index contributed by atoms with van der Waals surface area (Å²) in [5, 5.41) is 5.21. The number of rotatable bonds is 3. The van der Waals surface area contributed by atoms with Crippen LogP contribution in [0.25, 0.3) is 6.08 Å². The maximum atomic E-state index is 3.12.